The molecule has 2 aromatic carbocycles. The summed E-state index contributed by atoms with van der Waals surface area (Å²) >= 11 is 6.27. The number of aryl methyl sites for hydroxylation is 1. The number of aromatic nitrogens is 1. The Hall–Kier alpha value is -2.85. The molecule has 0 fully saturated rings. The van der Waals surface area contributed by atoms with E-state index in [4.69, 9.17) is 21.4 Å². The van der Waals surface area contributed by atoms with E-state index in [2.05, 4.69) is 41.2 Å². The van der Waals surface area contributed by atoms with E-state index < -0.39 is 0 Å². The number of hydrogen-bond donors (Lipinski definition) is 0. The molecule has 2 aliphatic heterocycles. The minimum absolute atomic E-state index is 0.0990. The highest BCUT2D eigenvalue weighted by Crippen LogP contribution is 2.48. The summed E-state index contributed by atoms with van der Waals surface area (Å²) in [6, 6.07) is 18.4. The van der Waals surface area contributed by atoms with E-state index in [1.54, 1.807) is 12.4 Å². The van der Waals surface area contributed by atoms with E-state index >= 15 is 0 Å². The lowest BCUT2D eigenvalue weighted by molar-refractivity contribution is -0.0190. The predicted octanol–water partition coefficient (Wildman–Crippen LogP) is 5.29. The lowest BCUT2D eigenvalue weighted by atomic mass is 9.95. The van der Waals surface area contributed by atoms with Crippen LogP contribution < -0.4 is 4.74 Å². The fourth-order valence-corrected chi connectivity index (χ4v) is 3.91. The Kier molecular flexibility index (Phi) is 3.87. The molecule has 3 heterocycles. The largest absolute Gasteiger partial charge is 0.464 e. The van der Waals surface area contributed by atoms with Crippen molar-refractivity contribution >= 4 is 17.3 Å². The van der Waals surface area contributed by atoms with Crippen LogP contribution in [0.5, 0.6) is 5.75 Å². The fourth-order valence-electron chi connectivity index (χ4n) is 3.73. The summed E-state index contributed by atoms with van der Waals surface area (Å²) in [6.07, 6.45) is 4.10. The zero-order valence-corrected chi connectivity index (χ0v) is 15.6. The molecule has 0 unspecified atom stereocenters. The first-order valence-electron chi connectivity index (χ1n) is 8.98. The second-order valence-electron chi connectivity index (χ2n) is 6.95. The van der Waals surface area contributed by atoms with Gasteiger partial charge in [0.1, 0.15) is 5.75 Å². The number of pyridine rings is 1. The standard InChI is InChI=1S/C22H18ClN3O/c1-14-2-4-15(5-3-14)19-13-20-18-12-17(23)6-7-21(18)27-22(26(20)25-19)16-8-10-24-11-9-16/h2-12,20,22H,13H2,1H3/t20-,22+/m1/s1. The van der Waals surface area contributed by atoms with Crippen molar-refractivity contribution in [3.8, 4) is 5.75 Å². The lowest BCUT2D eigenvalue weighted by Gasteiger charge is -2.38. The minimum Gasteiger partial charge on any atom is -0.464 e. The van der Waals surface area contributed by atoms with Gasteiger partial charge in [-0.2, -0.15) is 5.10 Å². The Balaban J connectivity index is 1.60. The number of fused-ring (bicyclic) bond motifs is 3. The second-order valence-corrected chi connectivity index (χ2v) is 7.38. The quantitative estimate of drug-likeness (QED) is 0.611. The van der Waals surface area contributed by atoms with Crippen molar-refractivity contribution in [3.63, 3.8) is 0 Å². The van der Waals surface area contributed by atoms with Gasteiger partial charge in [-0.15, -0.1) is 0 Å². The third-order valence-electron chi connectivity index (χ3n) is 5.13. The highest BCUT2D eigenvalue weighted by Gasteiger charge is 2.41. The van der Waals surface area contributed by atoms with E-state index in [9.17, 15) is 0 Å². The van der Waals surface area contributed by atoms with Crippen LogP contribution in [0.1, 0.15) is 40.9 Å². The van der Waals surface area contributed by atoms with Gasteiger partial charge >= 0.3 is 0 Å². The van der Waals surface area contributed by atoms with Crippen molar-refractivity contribution in [2.24, 2.45) is 5.10 Å². The van der Waals surface area contributed by atoms with Crippen LogP contribution in [-0.4, -0.2) is 15.7 Å². The van der Waals surface area contributed by atoms with Crippen molar-refractivity contribution in [3.05, 3.63) is 94.3 Å². The summed E-state index contributed by atoms with van der Waals surface area (Å²) < 4.78 is 6.32. The van der Waals surface area contributed by atoms with Crippen LogP contribution >= 0.6 is 11.6 Å². The zero-order valence-electron chi connectivity index (χ0n) is 14.8. The number of halogens is 1. The monoisotopic (exact) mass is 375 g/mol. The summed E-state index contributed by atoms with van der Waals surface area (Å²) in [5.74, 6) is 0.864. The molecule has 2 atom stereocenters. The molecule has 134 valence electrons. The Morgan fingerprint density at radius 3 is 2.59 bits per heavy atom. The third kappa shape index (κ3) is 2.86. The topological polar surface area (TPSA) is 37.7 Å². The highest BCUT2D eigenvalue weighted by atomic mass is 35.5. The van der Waals surface area contributed by atoms with Gasteiger partial charge in [-0.1, -0.05) is 41.4 Å². The van der Waals surface area contributed by atoms with Gasteiger partial charge in [-0.05, 0) is 42.8 Å². The van der Waals surface area contributed by atoms with E-state index in [1.165, 1.54) is 5.56 Å². The number of benzene rings is 2. The molecule has 0 saturated heterocycles. The Morgan fingerprint density at radius 1 is 1.04 bits per heavy atom. The average Bonchev–Trinajstić information content (AvgIpc) is 3.14. The zero-order chi connectivity index (χ0) is 18.4. The normalized spacial score (nSPS) is 20.5. The van der Waals surface area contributed by atoms with Crippen molar-refractivity contribution in [2.75, 3.05) is 0 Å². The van der Waals surface area contributed by atoms with Crippen LogP contribution in [0.15, 0.2) is 72.1 Å². The number of nitrogens with zero attached hydrogens (tertiary/aromatic N) is 3. The van der Waals surface area contributed by atoms with Gasteiger partial charge < -0.3 is 4.74 Å². The Morgan fingerprint density at radius 2 is 1.81 bits per heavy atom. The summed E-state index contributed by atoms with van der Waals surface area (Å²) in [4.78, 5) is 4.13. The van der Waals surface area contributed by atoms with Crippen LogP contribution in [0.3, 0.4) is 0 Å². The van der Waals surface area contributed by atoms with E-state index in [-0.39, 0.29) is 12.3 Å². The van der Waals surface area contributed by atoms with Crippen molar-refractivity contribution < 1.29 is 4.74 Å². The predicted molar refractivity (Wildman–Crippen MR) is 106 cm³/mol. The SMILES string of the molecule is Cc1ccc(C2=NN3[C@H](C2)c2cc(Cl)ccc2O[C@H]3c2ccncc2)cc1. The van der Waals surface area contributed by atoms with Crippen LogP contribution in [0.25, 0.3) is 0 Å². The van der Waals surface area contributed by atoms with E-state index in [0.717, 1.165) is 34.6 Å². The molecule has 0 N–H and O–H groups in total. The first kappa shape index (κ1) is 16.3. The van der Waals surface area contributed by atoms with Crippen molar-refractivity contribution in [2.45, 2.75) is 25.6 Å². The number of hydrazone groups is 1. The third-order valence-corrected chi connectivity index (χ3v) is 5.36. The molecule has 4 nitrogen and oxygen atoms in total. The fraction of sp³-hybridized carbons (Fsp3) is 0.182. The van der Waals surface area contributed by atoms with Crippen molar-refractivity contribution in [1.82, 2.24) is 9.99 Å². The van der Waals surface area contributed by atoms with Crippen LogP contribution in [0, 0.1) is 6.92 Å². The maximum Gasteiger partial charge on any atom is 0.213 e. The molecular formula is C22H18ClN3O. The molecule has 5 heteroatoms. The molecule has 2 aliphatic rings. The molecule has 0 amide bonds. The van der Waals surface area contributed by atoms with Gasteiger partial charge in [0, 0.05) is 35.0 Å². The maximum absolute atomic E-state index is 6.32. The lowest BCUT2D eigenvalue weighted by Crippen LogP contribution is -2.33. The van der Waals surface area contributed by atoms with Gasteiger partial charge in [0.25, 0.3) is 0 Å². The molecule has 0 bridgehead atoms. The molecule has 27 heavy (non-hydrogen) atoms. The van der Waals surface area contributed by atoms with E-state index in [1.807, 2.05) is 30.3 Å². The van der Waals surface area contributed by atoms with Gasteiger partial charge in [-0.25, -0.2) is 5.01 Å². The van der Waals surface area contributed by atoms with Gasteiger partial charge in [-0.3, -0.25) is 4.98 Å². The summed E-state index contributed by atoms with van der Waals surface area (Å²) in [5, 5.41) is 7.73. The average molecular weight is 376 g/mol. The van der Waals surface area contributed by atoms with Crippen LogP contribution in [-0.2, 0) is 0 Å². The van der Waals surface area contributed by atoms with Crippen LogP contribution in [0.2, 0.25) is 5.02 Å². The molecule has 0 saturated carbocycles. The summed E-state index contributed by atoms with van der Waals surface area (Å²) in [7, 11) is 0. The molecule has 0 spiro atoms. The first-order valence-corrected chi connectivity index (χ1v) is 9.36. The molecule has 0 aliphatic carbocycles. The number of ether oxygens (including phenoxy) is 1. The summed E-state index contributed by atoms with van der Waals surface area (Å²) in [5.41, 5.74) is 5.57. The second kappa shape index (κ2) is 6.39. The van der Waals surface area contributed by atoms with Crippen LogP contribution in [0.4, 0.5) is 0 Å². The van der Waals surface area contributed by atoms with Gasteiger partial charge in [0.2, 0.25) is 6.23 Å². The smallest absolute Gasteiger partial charge is 0.213 e. The highest BCUT2D eigenvalue weighted by molar-refractivity contribution is 6.30. The Bertz CT molecular complexity index is 1020. The molecule has 5 rings (SSSR count). The van der Waals surface area contributed by atoms with Gasteiger partial charge in [0.15, 0.2) is 0 Å². The Labute approximate surface area is 163 Å². The molecule has 1 aromatic heterocycles. The number of rotatable bonds is 2. The van der Waals surface area contributed by atoms with Crippen molar-refractivity contribution in [1.29, 1.82) is 0 Å². The number of hydrogen-bond acceptors (Lipinski definition) is 4. The molecule has 3 aromatic rings. The molecule has 0 radical (unpaired) electrons. The van der Waals surface area contributed by atoms with Gasteiger partial charge in [0.05, 0.1) is 11.8 Å². The van der Waals surface area contributed by atoms with E-state index in [0.29, 0.717) is 5.02 Å². The first-order chi connectivity index (χ1) is 13.2. The minimum atomic E-state index is -0.283. The summed E-state index contributed by atoms with van der Waals surface area (Å²) in [6.45, 7) is 2.09. The maximum atomic E-state index is 6.32. The molecular weight excluding hydrogens is 358 g/mol.